The topological polar surface area (TPSA) is 61.7 Å². The zero-order valence-electron chi connectivity index (χ0n) is 14.8. The van der Waals surface area contributed by atoms with E-state index in [0.717, 1.165) is 18.9 Å². The molecule has 0 radical (unpaired) electrons. The number of tetrazole rings is 1. The molecular weight excluding hydrogens is 304 g/mol. The van der Waals surface area contributed by atoms with Crippen LogP contribution in [0.4, 0.5) is 0 Å². The average molecular weight is 332 g/mol. The zero-order chi connectivity index (χ0) is 16.9. The molecule has 2 heterocycles. The maximum atomic E-state index is 5.20. The van der Waals surface area contributed by atoms with Crippen LogP contribution in [-0.4, -0.2) is 67.2 Å². The van der Waals surface area contributed by atoms with E-state index in [4.69, 9.17) is 4.74 Å². The third-order valence-corrected chi connectivity index (χ3v) is 4.89. The molecule has 0 saturated carbocycles. The van der Waals surface area contributed by atoms with Crippen LogP contribution in [0.15, 0.2) is 24.3 Å². The molecule has 1 atom stereocenters. The molecule has 0 bridgehead atoms. The molecule has 1 saturated heterocycles. The van der Waals surface area contributed by atoms with Crippen LogP contribution >= 0.6 is 0 Å². The molecule has 24 heavy (non-hydrogen) atoms. The van der Waals surface area contributed by atoms with Crippen LogP contribution in [0, 0.1) is 6.92 Å². The van der Waals surface area contributed by atoms with Crippen LogP contribution in [-0.2, 0) is 11.3 Å². The molecule has 1 fully saturated rings. The third-order valence-electron chi connectivity index (χ3n) is 4.89. The van der Waals surface area contributed by atoms with Crippen molar-refractivity contribution in [3.63, 3.8) is 0 Å². The first-order valence-corrected chi connectivity index (χ1v) is 8.66. The lowest BCUT2D eigenvalue weighted by Crippen LogP contribution is -3.27. The maximum Gasteiger partial charge on any atom is 0.214 e. The van der Waals surface area contributed by atoms with E-state index in [1.807, 2.05) is 4.68 Å². The van der Waals surface area contributed by atoms with Gasteiger partial charge in [-0.1, -0.05) is 29.8 Å². The lowest BCUT2D eigenvalue weighted by molar-refractivity contribution is -1.02. The number of nitrogens with zero attached hydrogens (tertiary/aromatic N) is 4. The minimum atomic E-state index is 0.172. The Balaban J connectivity index is 1.92. The van der Waals surface area contributed by atoms with Gasteiger partial charge < -0.3 is 14.5 Å². The average Bonchev–Trinajstić information content (AvgIpc) is 3.05. The van der Waals surface area contributed by atoms with E-state index < -0.39 is 0 Å². The maximum absolute atomic E-state index is 5.20. The van der Waals surface area contributed by atoms with E-state index in [0.29, 0.717) is 13.2 Å². The predicted octanol–water partition coefficient (Wildman–Crippen LogP) is -1.87. The second-order valence-corrected chi connectivity index (χ2v) is 6.71. The normalized spacial score (nSPS) is 22.5. The van der Waals surface area contributed by atoms with Gasteiger partial charge in [0.1, 0.15) is 26.2 Å². The summed E-state index contributed by atoms with van der Waals surface area (Å²) in [6.45, 7) is 8.02. The number of benzene rings is 1. The van der Waals surface area contributed by atoms with Crippen molar-refractivity contribution in [2.24, 2.45) is 0 Å². The first kappa shape index (κ1) is 17.0. The summed E-state index contributed by atoms with van der Waals surface area (Å²) in [4.78, 5) is 3.14. The van der Waals surface area contributed by atoms with Gasteiger partial charge in [-0.05, 0) is 17.4 Å². The molecule has 3 rings (SSSR count). The minimum absolute atomic E-state index is 0.172. The van der Waals surface area contributed by atoms with E-state index >= 15 is 0 Å². The SMILES string of the molecule is COCCn1nnnc1[C@@H](c1ccc(C)cc1)[NH+]1CC[NH+](C)CC1. The lowest BCUT2D eigenvalue weighted by atomic mass is 10.0. The molecule has 0 unspecified atom stereocenters. The van der Waals surface area contributed by atoms with Gasteiger partial charge in [-0.15, -0.1) is 5.10 Å². The number of nitrogens with one attached hydrogen (secondary N) is 2. The Kier molecular flexibility index (Phi) is 5.55. The van der Waals surface area contributed by atoms with Gasteiger partial charge in [-0.3, -0.25) is 0 Å². The fourth-order valence-corrected chi connectivity index (χ4v) is 3.37. The van der Waals surface area contributed by atoms with Crippen molar-refractivity contribution in [3.8, 4) is 0 Å². The van der Waals surface area contributed by atoms with E-state index in [9.17, 15) is 0 Å². The molecule has 1 aliphatic heterocycles. The van der Waals surface area contributed by atoms with E-state index in [-0.39, 0.29) is 6.04 Å². The van der Waals surface area contributed by atoms with Gasteiger partial charge in [-0.2, -0.15) is 0 Å². The van der Waals surface area contributed by atoms with E-state index in [1.54, 1.807) is 12.0 Å². The highest BCUT2D eigenvalue weighted by molar-refractivity contribution is 5.26. The Bertz CT molecular complexity index is 633. The minimum Gasteiger partial charge on any atom is -0.383 e. The van der Waals surface area contributed by atoms with Crippen LogP contribution in [0.5, 0.6) is 0 Å². The number of hydrogen-bond donors (Lipinski definition) is 2. The lowest BCUT2D eigenvalue weighted by Gasteiger charge is -2.32. The highest BCUT2D eigenvalue weighted by Gasteiger charge is 2.34. The van der Waals surface area contributed by atoms with Crippen molar-refractivity contribution >= 4 is 0 Å². The van der Waals surface area contributed by atoms with Gasteiger partial charge in [0, 0.05) is 12.7 Å². The molecule has 1 aromatic carbocycles. The number of aryl methyl sites for hydroxylation is 1. The van der Waals surface area contributed by atoms with E-state index in [2.05, 4.69) is 53.8 Å². The number of rotatable bonds is 6. The summed E-state index contributed by atoms with van der Waals surface area (Å²) in [5.41, 5.74) is 2.55. The van der Waals surface area contributed by atoms with Crippen molar-refractivity contribution < 1.29 is 14.5 Å². The van der Waals surface area contributed by atoms with Crippen molar-refractivity contribution in [2.75, 3.05) is 46.9 Å². The Morgan fingerprint density at radius 1 is 1.17 bits per heavy atom. The molecule has 1 aromatic heterocycles. The second kappa shape index (κ2) is 7.83. The quantitative estimate of drug-likeness (QED) is 0.651. The monoisotopic (exact) mass is 332 g/mol. The molecule has 0 aliphatic carbocycles. The standard InChI is InChI=1S/C17H26N6O/c1-14-4-6-15(7-5-14)16(22-10-8-21(2)9-11-22)17-18-19-20-23(17)12-13-24-3/h4-7,16H,8-13H2,1-3H3/p+2/t16-/m1/s1. The summed E-state index contributed by atoms with van der Waals surface area (Å²) in [5.74, 6) is 0.936. The zero-order valence-corrected chi connectivity index (χ0v) is 14.8. The smallest absolute Gasteiger partial charge is 0.214 e. The van der Waals surface area contributed by atoms with Gasteiger partial charge in [0.15, 0.2) is 6.04 Å². The molecule has 1 aliphatic rings. The number of likely N-dealkylation sites (N-methyl/N-ethyl adjacent to an activating group) is 1. The highest BCUT2D eigenvalue weighted by Crippen LogP contribution is 2.17. The Hall–Kier alpha value is -1.83. The molecule has 0 amide bonds. The number of quaternary nitrogens is 2. The number of ether oxygens (including phenoxy) is 1. The Labute approximate surface area is 143 Å². The number of hydrogen-bond acceptors (Lipinski definition) is 4. The van der Waals surface area contributed by atoms with Crippen LogP contribution in [0.25, 0.3) is 0 Å². The molecule has 130 valence electrons. The number of aromatic nitrogens is 4. The van der Waals surface area contributed by atoms with Crippen molar-refractivity contribution in [2.45, 2.75) is 19.5 Å². The molecular formula is C17H28N6O+2. The first-order chi connectivity index (χ1) is 11.7. The van der Waals surface area contributed by atoms with Crippen molar-refractivity contribution in [3.05, 3.63) is 41.2 Å². The Morgan fingerprint density at radius 2 is 1.88 bits per heavy atom. The molecule has 7 nitrogen and oxygen atoms in total. The van der Waals surface area contributed by atoms with Gasteiger partial charge in [0.05, 0.1) is 20.2 Å². The van der Waals surface area contributed by atoms with Crippen LogP contribution < -0.4 is 9.80 Å². The van der Waals surface area contributed by atoms with Gasteiger partial charge in [0.2, 0.25) is 5.82 Å². The van der Waals surface area contributed by atoms with Crippen molar-refractivity contribution in [1.29, 1.82) is 0 Å². The molecule has 2 aromatic rings. The predicted molar refractivity (Wildman–Crippen MR) is 90.0 cm³/mol. The highest BCUT2D eigenvalue weighted by atomic mass is 16.5. The summed E-state index contributed by atoms with van der Waals surface area (Å²) in [5, 5.41) is 12.5. The second-order valence-electron chi connectivity index (χ2n) is 6.71. The van der Waals surface area contributed by atoms with Crippen molar-refractivity contribution in [1.82, 2.24) is 20.2 Å². The summed E-state index contributed by atoms with van der Waals surface area (Å²) in [6.07, 6.45) is 0. The molecule has 7 heteroatoms. The first-order valence-electron chi connectivity index (χ1n) is 8.66. The summed E-state index contributed by atoms with van der Waals surface area (Å²) in [6, 6.07) is 8.95. The van der Waals surface area contributed by atoms with Crippen LogP contribution in [0.3, 0.4) is 0 Å². The molecule has 2 N–H and O–H groups in total. The van der Waals surface area contributed by atoms with Crippen LogP contribution in [0.1, 0.15) is 23.0 Å². The summed E-state index contributed by atoms with van der Waals surface area (Å²) < 4.78 is 7.10. The summed E-state index contributed by atoms with van der Waals surface area (Å²) in [7, 11) is 3.97. The van der Waals surface area contributed by atoms with Gasteiger partial charge in [0.25, 0.3) is 0 Å². The molecule has 0 spiro atoms. The summed E-state index contributed by atoms with van der Waals surface area (Å²) >= 11 is 0. The van der Waals surface area contributed by atoms with Gasteiger partial charge in [-0.25, -0.2) is 4.68 Å². The van der Waals surface area contributed by atoms with E-state index in [1.165, 1.54) is 29.1 Å². The fourth-order valence-electron chi connectivity index (χ4n) is 3.37. The van der Waals surface area contributed by atoms with Gasteiger partial charge >= 0.3 is 0 Å². The Morgan fingerprint density at radius 3 is 2.54 bits per heavy atom. The fraction of sp³-hybridized carbons (Fsp3) is 0.588. The largest absolute Gasteiger partial charge is 0.383 e. The third kappa shape index (κ3) is 3.80. The number of piperazine rings is 1. The van der Waals surface area contributed by atoms with Crippen LogP contribution in [0.2, 0.25) is 0 Å². The number of methoxy groups -OCH3 is 1.